The first-order valence-electron chi connectivity index (χ1n) is 6.13. The molecule has 0 aliphatic heterocycles. The minimum atomic E-state index is -1.33. The molecule has 2 amide bonds. The first-order valence-corrected chi connectivity index (χ1v) is 6.13. The normalized spacial score (nSPS) is 25.9. The number of aliphatic hydroxyl groups is 2. The second kappa shape index (κ2) is 7.17. The van der Waals surface area contributed by atoms with Crippen LogP contribution in [0.3, 0.4) is 0 Å². The first kappa shape index (κ1) is 14.7. The van der Waals surface area contributed by atoms with Crippen LogP contribution in [0.4, 0.5) is 4.79 Å². The quantitative estimate of drug-likeness (QED) is 0.433. The van der Waals surface area contributed by atoms with E-state index in [9.17, 15) is 14.7 Å². The molecule has 0 heterocycles. The van der Waals surface area contributed by atoms with Crippen molar-refractivity contribution in [3.63, 3.8) is 0 Å². The predicted molar refractivity (Wildman–Crippen MR) is 63.1 cm³/mol. The van der Waals surface area contributed by atoms with Crippen LogP contribution in [0.25, 0.3) is 0 Å². The summed E-state index contributed by atoms with van der Waals surface area (Å²) in [5, 5.41) is 31.9. The Morgan fingerprint density at radius 1 is 1.22 bits per heavy atom. The molecule has 0 bridgehead atoms. The van der Waals surface area contributed by atoms with Crippen molar-refractivity contribution < 1.29 is 24.9 Å². The van der Waals surface area contributed by atoms with Crippen molar-refractivity contribution in [1.29, 1.82) is 0 Å². The van der Waals surface area contributed by atoms with Crippen LogP contribution in [-0.2, 0) is 4.79 Å². The highest BCUT2D eigenvalue weighted by atomic mass is 16.4. The maximum absolute atomic E-state index is 11.5. The summed E-state index contributed by atoms with van der Waals surface area (Å²) in [5.41, 5.74) is 0. The summed E-state index contributed by atoms with van der Waals surface area (Å²) >= 11 is 0. The molecule has 0 radical (unpaired) electrons. The molecule has 0 aromatic rings. The number of amides is 2. The number of hydrogen-bond acceptors (Lipinski definition) is 4. The monoisotopic (exact) mass is 260 g/mol. The highest BCUT2D eigenvalue weighted by Crippen LogP contribution is 2.17. The van der Waals surface area contributed by atoms with E-state index in [2.05, 4.69) is 10.6 Å². The van der Waals surface area contributed by atoms with Crippen LogP contribution in [0.1, 0.15) is 32.1 Å². The van der Waals surface area contributed by atoms with Crippen LogP contribution in [0.15, 0.2) is 0 Å². The van der Waals surface area contributed by atoms with E-state index in [1.165, 1.54) is 0 Å². The molecule has 1 rings (SSSR count). The number of rotatable bonds is 4. The largest absolute Gasteiger partial charge is 0.480 e. The molecule has 104 valence electrons. The summed E-state index contributed by atoms with van der Waals surface area (Å²) in [6.45, 7) is -0.671. The summed E-state index contributed by atoms with van der Waals surface area (Å²) in [6.07, 6.45) is 3.57. The average Bonchev–Trinajstić information content (AvgIpc) is 2.51. The second-order valence-corrected chi connectivity index (χ2v) is 4.50. The van der Waals surface area contributed by atoms with Crippen LogP contribution in [0.5, 0.6) is 0 Å². The minimum Gasteiger partial charge on any atom is -0.480 e. The SMILES string of the molecule is O=C(NC(CO)C(=O)O)NC1CCCCCC1O. The van der Waals surface area contributed by atoms with Gasteiger partial charge in [0.25, 0.3) is 0 Å². The third kappa shape index (κ3) is 4.50. The van der Waals surface area contributed by atoms with Gasteiger partial charge in [0, 0.05) is 0 Å². The van der Waals surface area contributed by atoms with Gasteiger partial charge in [0.05, 0.1) is 18.8 Å². The molecule has 0 aromatic heterocycles. The van der Waals surface area contributed by atoms with Crippen LogP contribution >= 0.6 is 0 Å². The number of aliphatic carboxylic acids is 1. The number of nitrogens with one attached hydrogen (secondary N) is 2. The number of hydrogen-bond donors (Lipinski definition) is 5. The molecule has 18 heavy (non-hydrogen) atoms. The van der Waals surface area contributed by atoms with Crippen molar-refractivity contribution in [3.05, 3.63) is 0 Å². The molecule has 1 aliphatic rings. The average molecular weight is 260 g/mol. The Bertz CT molecular complexity index is 297. The van der Waals surface area contributed by atoms with Gasteiger partial charge >= 0.3 is 12.0 Å². The molecule has 7 nitrogen and oxygen atoms in total. The van der Waals surface area contributed by atoms with Crippen molar-refractivity contribution in [1.82, 2.24) is 10.6 Å². The van der Waals surface area contributed by atoms with Crippen LogP contribution < -0.4 is 10.6 Å². The fourth-order valence-electron chi connectivity index (χ4n) is 2.01. The number of carboxylic acids is 1. The van der Waals surface area contributed by atoms with Gasteiger partial charge in [0.2, 0.25) is 0 Å². The molecule has 0 aromatic carbocycles. The maximum Gasteiger partial charge on any atom is 0.328 e. The van der Waals surface area contributed by atoms with Crippen molar-refractivity contribution in [3.8, 4) is 0 Å². The lowest BCUT2D eigenvalue weighted by molar-refractivity contribution is -0.140. The Kier molecular flexibility index (Phi) is 5.87. The number of carbonyl (C=O) groups is 2. The Hall–Kier alpha value is -1.34. The molecule has 5 N–H and O–H groups in total. The predicted octanol–water partition coefficient (Wildman–Crippen LogP) is -0.575. The lowest BCUT2D eigenvalue weighted by Gasteiger charge is -2.23. The lowest BCUT2D eigenvalue weighted by Crippen LogP contribution is -2.52. The molecule has 0 spiro atoms. The Morgan fingerprint density at radius 3 is 2.50 bits per heavy atom. The topological polar surface area (TPSA) is 119 Å². The van der Waals surface area contributed by atoms with E-state index in [-0.39, 0.29) is 6.04 Å². The highest BCUT2D eigenvalue weighted by Gasteiger charge is 2.25. The van der Waals surface area contributed by atoms with E-state index in [0.717, 1.165) is 19.3 Å². The third-order valence-electron chi connectivity index (χ3n) is 3.08. The summed E-state index contributed by atoms with van der Waals surface area (Å²) in [4.78, 5) is 22.2. The number of urea groups is 1. The van der Waals surface area contributed by atoms with E-state index < -0.39 is 30.8 Å². The van der Waals surface area contributed by atoms with E-state index in [1.807, 2.05) is 0 Å². The van der Waals surface area contributed by atoms with Gasteiger partial charge in [0.1, 0.15) is 0 Å². The molecule has 0 saturated heterocycles. The van der Waals surface area contributed by atoms with E-state index in [0.29, 0.717) is 12.8 Å². The van der Waals surface area contributed by atoms with Crippen molar-refractivity contribution in [2.24, 2.45) is 0 Å². The molecule has 1 saturated carbocycles. The molecular weight excluding hydrogens is 240 g/mol. The van der Waals surface area contributed by atoms with Gasteiger partial charge in [-0.1, -0.05) is 19.3 Å². The zero-order chi connectivity index (χ0) is 13.5. The molecule has 1 fully saturated rings. The van der Waals surface area contributed by atoms with Crippen molar-refractivity contribution in [2.45, 2.75) is 50.3 Å². The third-order valence-corrected chi connectivity index (χ3v) is 3.08. The zero-order valence-electron chi connectivity index (χ0n) is 10.1. The molecule has 7 heteroatoms. The standard InChI is InChI=1S/C11H20N2O5/c14-6-8(10(16)17)13-11(18)12-7-4-2-1-3-5-9(7)15/h7-9,14-15H,1-6H2,(H,16,17)(H2,12,13,18). The van der Waals surface area contributed by atoms with Crippen molar-refractivity contribution >= 4 is 12.0 Å². The number of aliphatic hydroxyl groups excluding tert-OH is 2. The van der Waals surface area contributed by atoms with Gasteiger partial charge in [-0.25, -0.2) is 9.59 Å². The summed E-state index contributed by atoms with van der Waals surface area (Å²) in [6, 6.07) is -2.36. The lowest BCUT2D eigenvalue weighted by atomic mass is 10.1. The summed E-state index contributed by atoms with van der Waals surface area (Å²) in [7, 11) is 0. The minimum absolute atomic E-state index is 0.361. The fourth-order valence-corrected chi connectivity index (χ4v) is 2.01. The first-order chi connectivity index (χ1) is 8.54. The van der Waals surface area contributed by atoms with Gasteiger partial charge in [-0.15, -0.1) is 0 Å². The van der Waals surface area contributed by atoms with Gasteiger partial charge < -0.3 is 26.0 Å². The molecule has 3 atom stereocenters. The van der Waals surface area contributed by atoms with Crippen molar-refractivity contribution in [2.75, 3.05) is 6.61 Å². The second-order valence-electron chi connectivity index (χ2n) is 4.50. The van der Waals surface area contributed by atoms with Crippen LogP contribution in [0, 0.1) is 0 Å². The van der Waals surface area contributed by atoms with Gasteiger partial charge in [0.15, 0.2) is 6.04 Å². The van der Waals surface area contributed by atoms with Crippen LogP contribution in [-0.4, -0.2) is 52.1 Å². The Morgan fingerprint density at radius 2 is 1.89 bits per heavy atom. The summed E-state index contributed by atoms with van der Waals surface area (Å²) < 4.78 is 0. The number of carbonyl (C=O) groups excluding carboxylic acids is 1. The van der Waals surface area contributed by atoms with E-state index in [4.69, 9.17) is 10.2 Å². The van der Waals surface area contributed by atoms with Gasteiger partial charge in [-0.2, -0.15) is 0 Å². The Balaban J connectivity index is 2.44. The fraction of sp³-hybridized carbons (Fsp3) is 0.818. The Labute approximate surface area is 105 Å². The molecule has 3 unspecified atom stereocenters. The number of carboxylic acid groups (broad SMARTS) is 1. The molecular formula is C11H20N2O5. The van der Waals surface area contributed by atoms with Gasteiger partial charge in [-0.05, 0) is 12.8 Å². The molecule has 1 aliphatic carbocycles. The smallest absolute Gasteiger partial charge is 0.328 e. The zero-order valence-corrected chi connectivity index (χ0v) is 10.1. The maximum atomic E-state index is 11.5. The highest BCUT2D eigenvalue weighted by molar-refractivity contribution is 5.82. The van der Waals surface area contributed by atoms with Gasteiger partial charge in [-0.3, -0.25) is 0 Å². The summed E-state index contributed by atoms with van der Waals surface area (Å²) in [5.74, 6) is -1.30. The van der Waals surface area contributed by atoms with Crippen LogP contribution in [0.2, 0.25) is 0 Å². The van der Waals surface area contributed by atoms with E-state index in [1.54, 1.807) is 0 Å². The van der Waals surface area contributed by atoms with E-state index >= 15 is 0 Å².